The van der Waals surface area contributed by atoms with Crippen LogP contribution in [0, 0.1) is 5.92 Å². The van der Waals surface area contributed by atoms with Crippen LogP contribution < -0.4 is 5.73 Å². The minimum atomic E-state index is -1.29. The smallest absolute Gasteiger partial charge is 0.323 e. The minimum Gasteiger partial charge on any atom is -0.508 e. The Labute approximate surface area is 172 Å². The van der Waals surface area contributed by atoms with Gasteiger partial charge in [-0.15, -0.1) is 0 Å². The van der Waals surface area contributed by atoms with Crippen molar-refractivity contribution in [2.75, 3.05) is 19.7 Å². The molecule has 1 saturated heterocycles. The molecule has 29 heavy (non-hydrogen) atoms. The first-order valence-electron chi connectivity index (χ1n) is 10.3. The van der Waals surface area contributed by atoms with Crippen molar-refractivity contribution in [1.82, 2.24) is 9.88 Å². The first-order valence-corrected chi connectivity index (χ1v) is 10.3. The highest BCUT2D eigenvalue weighted by atomic mass is 16.4. The van der Waals surface area contributed by atoms with Crippen molar-refractivity contribution in [3.8, 4) is 5.75 Å². The maximum atomic E-state index is 12.0. The highest BCUT2D eigenvalue weighted by Gasteiger charge is 2.47. The molecule has 3 rings (SSSR count). The largest absolute Gasteiger partial charge is 0.508 e. The second-order valence-corrected chi connectivity index (χ2v) is 8.19. The Bertz CT molecular complexity index is 857. The van der Waals surface area contributed by atoms with Gasteiger partial charge in [-0.2, -0.15) is 0 Å². The maximum absolute atomic E-state index is 12.0. The van der Waals surface area contributed by atoms with Gasteiger partial charge < -0.3 is 21.1 Å². The molecule has 7 nitrogen and oxygen atoms in total. The van der Waals surface area contributed by atoms with E-state index < -0.39 is 11.5 Å². The summed E-state index contributed by atoms with van der Waals surface area (Å²) in [6, 6.07) is 7.40. The molecular weight excluding hydrogens is 369 g/mol. The second kappa shape index (κ2) is 9.11. The van der Waals surface area contributed by atoms with Crippen molar-refractivity contribution in [3.63, 3.8) is 0 Å². The molecule has 8 heteroatoms. The number of fused-ring (bicyclic) bond motifs is 1. The molecule has 2 unspecified atom stereocenters. The molecule has 1 fully saturated rings. The van der Waals surface area contributed by atoms with E-state index in [2.05, 4.69) is 9.88 Å². The highest BCUT2D eigenvalue weighted by Crippen LogP contribution is 2.37. The van der Waals surface area contributed by atoms with E-state index >= 15 is 0 Å². The van der Waals surface area contributed by atoms with Gasteiger partial charge in [-0.1, -0.05) is 12.5 Å². The van der Waals surface area contributed by atoms with Gasteiger partial charge >= 0.3 is 5.97 Å². The molecule has 156 valence electrons. The first kappa shape index (κ1) is 21.6. The van der Waals surface area contributed by atoms with Gasteiger partial charge in [0.25, 0.3) is 0 Å². The van der Waals surface area contributed by atoms with Gasteiger partial charge in [0.15, 0.2) is 0 Å². The lowest BCUT2D eigenvalue weighted by Gasteiger charge is -2.43. The van der Waals surface area contributed by atoms with Crippen molar-refractivity contribution >= 4 is 24.7 Å². The van der Waals surface area contributed by atoms with E-state index in [1.54, 1.807) is 12.3 Å². The van der Waals surface area contributed by atoms with E-state index in [0.717, 1.165) is 16.5 Å². The van der Waals surface area contributed by atoms with E-state index in [-0.39, 0.29) is 24.1 Å². The summed E-state index contributed by atoms with van der Waals surface area (Å²) in [6.07, 6.45) is 4.24. The van der Waals surface area contributed by atoms with Gasteiger partial charge in [-0.3, -0.25) is 14.7 Å². The Balaban J connectivity index is 1.70. The van der Waals surface area contributed by atoms with Crippen LogP contribution in [0.2, 0.25) is 5.82 Å². The molecule has 0 bridgehead atoms. The molecule has 1 aliphatic rings. The molecule has 2 heterocycles. The third-order valence-electron chi connectivity index (χ3n) is 6.48. The molecule has 0 radical (unpaired) electrons. The van der Waals surface area contributed by atoms with Crippen LogP contribution in [0.3, 0.4) is 0 Å². The monoisotopic (exact) mass is 399 g/mol. The number of carboxylic acids is 1. The summed E-state index contributed by atoms with van der Waals surface area (Å²) in [7, 11) is 1.87. The third kappa shape index (κ3) is 4.39. The maximum Gasteiger partial charge on any atom is 0.323 e. The van der Waals surface area contributed by atoms with Crippen molar-refractivity contribution < 1.29 is 20.1 Å². The number of pyridine rings is 1. The van der Waals surface area contributed by atoms with E-state index in [4.69, 9.17) is 10.8 Å². The molecule has 2 aromatic rings. The molecule has 1 aromatic carbocycles. The van der Waals surface area contributed by atoms with E-state index in [1.807, 2.05) is 26.0 Å². The molecule has 0 amide bonds. The number of phenols is 1. The number of piperidine rings is 1. The van der Waals surface area contributed by atoms with Gasteiger partial charge in [0, 0.05) is 30.3 Å². The number of carboxylic acid groups (broad SMARTS) is 1. The van der Waals surface area contributed by atoms with Crippen molar-refractivity contribution in [1.29, 1.82) is 0 Å². The predicted octanol–water partition coefficient (Wildman–Crippen LogP) is 1.13. The van der Waals surface area contributed by atoms with Crippen LogP contribution in [-0.2, 0) is 11.3 Å². The zero-order valence-corrected chi connectivity index (χ0v) is 16.9. The van der Waals surface area contributed by atoms with Gasteiger partial charge in [0.1, 0.15) is 19.1 Å². The average molecular weight is 399 g/mol. The van der Waals surface area contributed by atoms with Crippen LogP contribution in [0.25, 0.3) is 10.9 Å². The van der Waals surface area contributed by atoms with Gasteiger partial charge in [0.2, 0.25) is 0 Å². The van der Waals surface area contributed by atoms with Gasteiger partial charge in [-0.05, 0) is 62.3 Å². The Morgan fingerprint density at radius 1 is 1.34 bits per heavy atom. The average Bonchev–Trinajstić information content (AvgIpc) is 2.73. The molecule has 2 atom stereocenters. The summed E-state index contributed by atoms with van der Waals surface area (Å²) in [5.74, 6) is -1.06. The number of aliphatic carboxylic acids is 1. The number of aromatic hydroxyl groups is 1. The Hall–Kier alpha value is -2.16. The lowest BCUT2D eigenvalue weighted by Crippen LogP contribution is -2.59. The van der Waals surface area contributed by atoms with Crippen molar-refractivity contribution in [3.05, 3.63) is 36.0 Å². The van der Waals surface area contributed by atoms with E-state index in [0.29, 0.717) is 45.3 Å². The lowest BCUT2D eigenvalue weighted by molar-refractivity contribution is -0.147. The van der Waals surface area contributed by atoms with Crippen LogP contribution >= 0.6 is 0 Å². The molecule has 5 N–H and O–H groups in total. The van der Waals surface area contributed by atoms with Crippen molar-refractivity contribution in [2.24, 2.45) is 11.7 Å². The fraction of sp³-hybridized carbons (Fsp3) is 0.524. The summed E-state index contributed by atoms with van der Waals surface area (Å²) in [6.45, 7) is 2.04. The molecule has 0 saturated carbocycles. The van der Waals surface area contributed by atoms with E-state index in [1.165, 1.54) is 0 Å². The van der Waals surface area contributed by atoms with Gasteiger partial charge in [-0.25, -0.2) is 0 Å². The number of benzene rings is 1. The number of aliphatic hydroxyl groups excluding tert-OH is 1. The first-order chi connectivity index (χ1) is 13.9. The SMILES string of the molecule is BC(CCCO)C(N)(C(=O)O)C1CCN(Cc2c(O)ccc3cccnc23)CC1. The lowest BCUT2D eigenvalue weighted by atomic mass is 9.61. The number of nitrogens with two attached hydrogens (primary N) is 1. The summed E-state index contributed by atoms with van der Waals surface area (Å²) in [5, 5.41) is 30.3. The van der Waals surface area contributed by atoms with E-state index in [9.17, 15) is 15.0 Å². The summed E-state index contributed by atoms with van der Waals surface area (Å²) >= 11 is 0. The van der Waals surface area contributed by atoms with Crippen LogP contribution in [0.5, 0.6) is 5.75 Å². The summed E-state index contributed by atoms with van der Waals surface area (Å²) in [4.78, 5) is 18.7. The zero-order chi connectivity index (χ0) is 21.0. The fourth-order valence-corrected chi connectivity index (χ4v) is 4.57. The summed E-state index contributed by atoms with van der Waals surface area (Å²) in [5.41, 5.74) is 6.76. The molecule has 1 aliphatic heterocycles. The normalized spacial score (nSPS) is 19.1. The highest BCUT2D eigenvalue weighted by molar-refractivity contribution is 6.15. The predicted molar refractivity (Wildman–Crippen MR) is 115 cm³/mol. The molecular formula is C21H30BN3O4. The van der Waals surface area contributed by atoms with Crippen molar-refractivity contribution in [2.45, 2.75) is 43.6 Å². The quantitative estimate of drug-likeness (QED) is 0.491. The van der Waals surface area contributed by atoms with Crippen LogP contribution in [0.1, 0.15) is 31.2 Å². The number of hydrogen-bond acceptors (Lipinski definition) is 6. The number of likely N-dealkylation sites (tertiary alicyclic amines) is 1. The number of nitrogens with zero attached hydrogens (tertiary/aromatic N) is 2. The minimum absolute atomic E-state index is 0.0427. The van der Waals surface area contributed by atoms with Gasteiger partial charge in [0.05, 0.1) is 5.52 Å². The number of carbonyl (C=O) groups is 1. The third-order valence-corrected chi connectivity index (χ3v) is 6.48. The van der Waals surface area contributed by atoms with Crippen LogP contribution in [0.15, 0.2) is 30.5 Å². The Kier molecular flexibility index (Phi) is 6.77. The topological polar surface area (TPSA) is 120 Å². The Morgan fingerprint density at radius 3 is 2.72 bits per heavy atom. The van der Waals surface area contributed by atoms with Crippen LogP contribution in [-0.4, -0.2) is 64.3 Å². The zero-order valence-electron chi connectivity index (χ0n) is 16.9. The standard InChI is InChI=1S/C21H30BN3O4/c22-18(4-2-12-26)21(23,20(28)29)15-7-10-25(11-8-15)13-16-17(27)6-5-14-3-1-9-24-19(14)16/h1,3,5-6,9,15,18,26-27H,2,4,7-8,10-13,22-23H2,(H,28,29). The molecule has 0 aliphatic carbocycles. The number of aliphatic hydroxyl groups is 1. The summed E-state index contributed by atoms with van der Waals surface area (Å²) < 4.78 is 0. The molecule has 1 aromatic heterocycles. The number of phenolic OH excluding ortho intramolecular Hbond substituents is 1. The number of rotatable bonds is 8. The van der Waals surface area contributed by atoms with Crippen LogP contribution in [0.4, 0.5) is 0 Å². The second-order valence-electron chi connectivity index (χ2n) is 8.19. The number of hydrogen-bond donors (Lipinski definition) is 4. The molecule has 0 spiro atoms. The fourth-order valence-electron chi connectivity index (χ4n) is 4.57. The number of aromatic nitrogens is 1. The Morgan fingerprint density at radius 2 is 2.07 bits per heavy atom.